The van der Waals surface area contributed by atoms with Gasteiger partial charge in [0.2, 0.25) is 0 Å². The quantitative estimate of drug-likeness (QED) is 0.858. The van der Waals surface area contributed by atoms with Crippen molar-refractivity contribution >= 4 is 34.8 Å². The van der Waals surface area contributed by atoms with Crippen LogP contribution in [0.3, 0.4) is 0 Å². The van der Waals surface area contributed by atoms with Gasteiger partial charge in [-0.15, -0.1) is 12.4 Å². The number of halogens is 1. The second-order valence-electron chi connectivity index (χ2n) is 5.88. The van der Waals surface area contributed by atoms with Crippen LogP contribution in [0.25, 0.3) is 0 Å². The molecule has 1 saturated heterocycles. The van der Waals surface area contributed by atoms with Gasteiger partial charge in [0, 0.05) is 18.8 Å². The van der Waals surface area contributed by atoms with Crippen LogP contribution in [0.2, 0.25) is 0 Å². The molecule has 0 spiro atoms. The zero-order chi connectivity index (χ0) is 15.7. The maximum absolute atomic E-state index is 13.0. The molecule has 0 aliphatic carbocycles. The van der Waals surface area contributed by atoms with E-state index in [0.717, 1.165) is 30.1 Å². The molecule has 4 rings (SSSR count). The smallest absolute Gasteiger partial charge is 0.254 e. The van der Waals surface area contributed by atoms with E-state index in [4.69, 9.17) is 4.74 Å². The number of nitrogens with one attached hydrogen (secondary N) is 2. The van der Waals surface area contributed by atoms with Crippen molar-refractivity contribution in [2.75, 3.05) is 25.0 Å². The third kappa shape index (κ3) is 3.06. The van der Waals surface area contributed by atoms with E-state index >= 15 is 0 Å². The maximum Gasteiger partial charge on any atom is 0.254 e. The van der Waals surface area contributed by atoms with E-state index in [2.05, 4.69) is 20.7 Å². The summed E-state index contributed by atoms with van der Waals surface area (Å²) in [5, 5.41) is 11.3. The highest BCUT2D eigenvalue weighted by molar-refractivity contribution is 7.15. The summed E-state index contributed by atoms with van der Waals surface area (Å²) in [6, 6.07) is 1.86. The van der Waals surface area contributed by atoms with E-state index in [0.29, 0.717) is 31.2 Å². The number of thiazole rings is 1. The Labute approximate surface area is 150 Å². The lowest BCUT2D eigenvalue weighted by Gasteiger charge is -2.36. The molecule has 7 nitrogen and oxygen atoms in total. The molecule has 2 aromatic heterocycles. The molecule has 2 aliphatic rings. The highest BCUT2D eigenvalue weighted by atomic mass is 35.5. The first-order valence-electron chi connectivity index (χ1n) is 7.86. The number of hydrogen-bond donors (Lipinski definition) is 2. The third-order valence-electron chi connectivity index (χ3n) is 4.51. The number of amides is 1. The van der Waals surface area contributed by atoms with Gasteiger partial charge < -0.3 is 10.1 Å². The van der Waals surface area contributed by atoms with Gasteiger partial charge in [0.15, 0.2) is 5.13 Å². The Morgan fingerprint density at radius 3 is 2.96 bits per heavy atom. The number of carbonyl (C=O) groups excluding carboxylic acids is 1. The Morgan fingerprint density at radius 2 is 2.25 bits per heavy atom. The Hall–Kier alpha value is -1.48. The largest absolute Gasteiger partial charge is 0.375 e. The van der Waals surface area contributed by atoms with Crippen LogP contribution >= 0.6 is 23.7 Å². The van der Waals surface area contributed by atoms with Crippen molar-refractivity contribution in [3.63, 3.8) is 0 Å². The van der Waals surface area contributed by atoms with Crippen LogP contribution in [0.4, 0.5) is 5.13 Å². The molecule has 0 unspecified atom stereocenters. The lowest BCUT2D eigenvalue weighted by molar-refractivity contribution is -0.126. The van der Waals surface area contributed by atoms with E-state index in [1.165, 1.54) is 11.3 Å². The van der Waals surface area contributed by atoms with Crippen LogP contribution in [0.15, 0.2) is 18.5 Å². The van der Waals surface area contributed by atoms with Crippen molar-refractivity contribution in [2.45, 2.75) is 31.4 Å². The van der Waals surface area contributed by atoms with Gasteiger partial charge in [-0.1, -0.05) is 11.3 Å². The van der Waals surface area contributed by atoms with Crippen molar-refractivity contribution in [2.24, 2.45) is 0 Å². The Morgan fingerprint density at radius 1 is 1.42 bits per heavy atom. The van der Waals surface area contributed by atoms with Crippen molar-refractivity contribution < 1.29 is 9.53 Å². The van der Waals surface area contributed by atoms with Gasteiger partial charge in [0.05, 0.1) is 23.8 Å². The van der Waals surface area contributed by atoms with Gasteiger partial charge in [-0.05, 0) is 32.0 Å². The predicted octanol–water partition coefficient (Wildman–Crippen LogP) is 1.55. The first-order chi connectivity index (χ1) is 11.3. The predicted molar refractivity (Wildman–Crippen MR) is 93.7 cm³/mol. The maximum atomic E-state index is 13.0. The van der Waals surface area contributed by atoms with Gasteiger partial charge in [0.25, 0.3) is 5.91 Å². The van der Waals surface area contributed by atoms with Gasteiger partial charge in [-0.2, -0.15) is 5.10 Å². The van der Waals surface area contributed by atoms with Gasteiger partial charge in [0.1, 0.15) is 5.54 Å². The molecule has 0 atom stereocenters. The van der Waals surface area contributed by atoms with Crippen LogP contribution in [0.5, 0.6) is 0 Å². The lowest BCUT2D eigenvalue weighted by atomic mass is 9.87. The van der Waals surface area contributed by atoms with E-state index in [9.17, 15) is 4.79 Å². The number of rotatable bonds is 3. The standard InChI is InChI=1S/C15H19N5O2S.ClH/c21-13(19-14-18-11-2-9-22-10-12(11)23-14)15(3-6-16-7-4-15)20-8-1-5-17-20;/h1,5,8,16H,2-4,6-7,9-10H2,(H,18,19,21);1H. The third-order valence-corrected chi connectivity index (χ3v) is 5.50. The minimum absolute atomic E-state index is 0. The zero-order valence-electron chi connectivity index (χ0n) is 13.2. The number of hydrogen-bond acceptors (Lipinski definition) is 6. The van der Waals surface area contributed by atoms with E-state index < -0.39 is 5.54 Å². The van der Waals surface area contributed by atoms with Crippen LogP contribution in [0, 0.1) is 0 Å². The summed E-state index contributed by atoms with van der Waals surface area (Å²) < 4.78 is 7.24. The molecule has 130 valence electrons. The second-order valence-corrected chi connectivity index (χ2v) is 6.96. The fourth-order valence-corrected chi connectivity index (χ4v) is 4.16. The molecule has 2 aromatic rings. The molecule has 0 radical (unpaired) electrons. The normalized spacial score (nSPS) is 19.2. The number of ether oxygens (including phenoxy) is 1. The number of nitrogens with zero attached hydrogens (tertiary/aromatic N) is 3. The Bertz CT molecular complexity index is 673. The van der Waals surface area contributed by atoms with E-state index in [1.54, 1.807) is 10.9 Å². The summed E-state index contributed by atoms with van der Waals surface area (Å²) in [6.07, 6.45) is 5.83. The first kappa shape index (κ1) is 17.3. The molecule has 0 aromatic carbocycles. The highest BCUT2D eigenvalue weighted by Crippen LogP contribution is 2.31. The first-order valence-corrected chi connectivity index (χ1v) is 8.68. The molecule has 0 bridgehead atoms. The molecule has 24 heavy (non-hydrogen) atoms. The van der Waals surface area contributed by atoms with Crippen LogP contribution in [0.1, 0.15) is 23.4 Å². The highest BCUT2D eigenvalue weighted by Gasteiger charge is 2.42. The fourth-order valence-electron chi connectivity index (χ4n) is 3.21. The van der Waals surface area contributed by atoms with Gasteiger partial charge >= 0.3 is 0 Å². The number of carbonyl (C=O) groups is 1. The van der Waals surface area contributed by atoms with Crippen LogP contribution in [-0.4, -0.2) is 40.4 Å². The summed E-state index contributed by atoms with van der Waals surface area (Å²) in [6.45, 7) is 2.90. The molecule has 2 aliphatic heterocycles. The van der Waals surface area contributed by atoms with E-state index in [1.807, 2.05) is 12.3 Å². The number of piperidine rings is 1. The summed E-state index contributed by atoms with van der Waals surface area (Å²) >= 11 is 1.51. The molecule has 1 amide bonds. The Kier molecular flexibility index (Phi) is 5.19. The lowest BCUT2D eigenvalue weighted by Crippen LogP contribution is -2.52. The van der Waals surface area contributed by atoms with Crippen molar-refractivity contribution in [3.05, 3.63) is 29.0 Å². The summed E-state index contributed by atoms with van der Waals surface area (Å²) in [5.74, 6) is -0.0327. The summed E-state index contributed by atoms with van der Waals surface area (Å²) in [7, 11) is 0. The van der Waals surface area contributed by atoms with Crippen LogP contribution in [-0.2, 0) is 28.1 Å². The average molecular weight is 370 g/mol. The SMILES string of the molecule is Cl.O=C(Nc1nc2c(s1)COCC2)C1(n2cccn2)CCNCC1. The molecule has 1 fully saturated rings. The second kappa shape index (κ2) is 7.18. The van der Waals surface area contributed by atoms with Gasteiger partial charge in [-0.3, -0.25) is 14.8 Å². The summed E-state index contributed by atoms with van der Waals surface area (Å²) in [4.78, 5) is 18.7. The van der Waals surface area contributed by atoms with Crippen LogP contribution < -0.4 is 10.6 Å². The number of anilines is 1. The van der Waals surface area contributed by atoms with Crippen molar-refractivity contribution in [3.8, 4) is 0 Å². The molecule has 0 saturated carbocycles. The van der Waals surface area contributed by atoms with E-state index in [-0.39, 0.29) is 18.3 Å². The minimum Gasteiger partial charge on any atom is -0.375 e. The molecule has 2 N–H and O–H groups in total. The number of aromatic nitrogens is 3. The molecular weight excluding hydrogens is 350 g/mol. The topological polar surface area (TPSA) is 81.1 Å². The summed E-state index contributed by atoms with van der Waals surface area (Å²) in [5.41, 5.74) is 0.409. The van der Waals surface area contributed by atoms with Crippen molar-refractivity contribution in [1.29, 1.82) is 0 Å². The molecular formula is C15H20ClN5O2S. The molecule has 9 heteroatoms. The molecule has 4 heterocycles. The fraction of sp³-hybridized carbons (Fsp3) is 0.533. The average Bonchev–Trinajstić information content (AvgIpc) is 3.24. The Balaban J connectivity index is 0.00000169. The van der Waals surface area contributed by atoms with Crippen molar-refractivity contribution in [1.82, 2.24) is 20.1 Å². The van der Waals surface area contributed by atoms with Gasteiger partial charge in [-0.25, -0.2) is 4.98 Å². The monoisotopic (exact) mass is 369 g/mol. The number of fused-ring (bicyclic) bond motifs is 1. The zero-order valence-corrected chi connectivity index (χ0v) is 14.8. The minimum atomic E-state index is -0.641.